The normalized spacial score (nSPS) is 29.3. The topological polar surface area (TPSA) is 63.6 Å². The van der Waals surface area contributed by atoms with E-state index in [1.165, 1.54) is 0 Å². The average Bonchev–Trinajstić information content (AvgIpc) is 2.97. The van der Waals surface area contributed by atoms with Gasteiger partial charge in [0, 0.05) is 5.92 Å². The highest BCUT2D eigenvalue weighted by atomic mass is 32.2. The van der Waals surface area contributed by atoms with Crippen LogP contribution in [0.3, 0.4) is 0 Å². The first kappa shape index (κ1) is 19.6. The van der Waals surface area contributed by atoms with Gasteiger partial charge in [0.15, 0.2) is 0 Å². The third-order valence-corrected chi connectivity index (χ3v) is 5.40. The SMILES string of the molecule is O=S(=O)(O)C(F)(F)C(F)(F)OC(F)(F)C(F)(F)[C@@H]1C[C@@H]2CC[C@H]1C2. The highest BCUT2D eigenvalue weighted by molar-refractivity contribution is 7.86. The van der Waals surface area contributed by atoms with E-state index in [2.05, 4.69) is 4.74 Å². The molecule has 0 unspecified atom stereocenters. The van der Waals surface area contributed by atoms with E-state index in [1.54, 1.807) is 0 Å². The van der Waals surface area contributed by atoms with E-state index in [-0.39, 0.29) is 18.8 Å². The fourth-order valence-electron chi connectivity index (χ4n) is 3.34. The highest BCUT2D eigenvalue weighted by Gasteiger charge is 2.75. The van der Waals surface area contributed by atoms with E-state index < -0.39 is 51.8 Å². The van der Waals surface area contributed by atoms with Crippen molar-refractivity contribution >= 4 is 10.1 Å². The third kappa shape index (κ3) is 2.87. The van der Waals surface area contributed by atoms with Gasteiger partial charge in [0.1, 0.15) is 0 Å². The molecule has 0 spiro atoms. The van der Waals surface area contributed by atoms with Crippen molar-refractivity contribution < 1.29 is 52.8 Å². The predicted octanol–water partition coefficient (Wildman–Crippen LogP) is 3.74. The van der Waals surface area contributed by atoms with Gasteiger partial charge in [-0.25, -0.2) is 4.74 Å². The number of halogens is 8. The molecule has 0 radical (unpaired) electrons. The molecule has 2 bridgehead atoms. The lowest BCUT2D eigenvalue weighted by atomic mass is 9.83. The highest BCUT2D eigenvalue weighted by Crippen LogP contribution is 2.58. The minimum Gasteiger partial charge on any atom is -0.281 e. The number of ether oxygens (including phenoxy) is 1. The van der Waals surface area contributed by atoms with Crippen LogP contribution in [0.2, 0.25) is 0 Å². The zero-order chi connectivity index (χ0) is 18.8. The smallest absolute Gasteiger partial charge is 0.281 e. The van der Waals surface area contributed by atoms with Gasteiger partial charge in [0.2, 0.25) is 0 Å². The van der Waals surface area contributed by atoms with Crippen molar-refractivity contribution in [1.29, 1.82) is 0 Å². The minimum absolute atomic E-state index is 0.165. The number of hydrogen-bond acceptors (Lipinski definition) is 3. The van der Waals surface area contributed by atoms with Crippen molar-refractivity contribution in [3.8, 4) is 0 Å². The molecule has 0 aromatic rings. The minimum atomic E-state index is -6.89. The van der Waals surface area contributed by atoms with Gasteiger partial charge in [-0.15, -0.1) is 0 Å². The standard InChI is InChI=1S/C11H12F8O4S/c12-8(13,7-4-5-1-2-6(7)3-5)9(14,15)23-10(16,17)11(18,19)24(20,21)22/h5-7H,1-4H2,(H,20,21,22)/t5-,6+,7-/m1/s1. The molecule has 1 N–H and O–H groups in total. The molecule has 142 valence electrons. The molecule has 0 saturated heterocycles. The van der Waals surface area contributed by atoms with Crippen LogP contribution in [-0.2, 0) is 14.9 Å². The lowest BCUT2D eigenvalue weighted by Gasteiger charge is -2.37. The molecule has 0 aromatic heterocycles. The van der Waals surface area contributed by atoms with E-state index in [0.717, 1.165) is 0 Å². The van der Waals surface area contributed by atoms with Gasteiger partial charge in [0.05, 0.1) is 0 Å². The second-order valence-electron chi connectivity index (χ2n) is 6.03. The summed E-state index contributed by atoms with van der Waals surface area (Å²) in [4.78, 5) is 0. The molecule has 2 aliphatic rings. The summed E-state index contributed by atoms with van der Waals surface area (Å²) in [6.07, 6.45) is -12.2. The summed E-state index contributed by atoms with van der Waals surface area (Å²) < 4.78 is 137. The first-order valence-corrected chi connectivity index (χ1v) is 8.15. The van der Waals surface area contributed by atoms with Crippen molar-refractivity contribution in [2.24, 2.45) is 17.8 Å². The quantitative estimate of drug-likeness (QED) is 0.553. The Labute approximate surface area is 130 Å². The first-order valence-electron chi connectivity index (χ1n) is 6.71. The van der Waals surface area contributed by atoms with Crippen molar-refractivity contribution in [3.63, 3.8) is 0 Å². The van der Waals surface area contributed by atoms with E-state index in [9.17, 15) is 43.5 Å². The Kier molecular flexibility index (Phi) is 4.42. The largest absolute Gasteiger partial charge is 0.460 e. The van der Waals surface area contributed by atoms with Gasteiger partial charge in [-0.3, -0.25) is 4.55 Å². The second kappa shape index (κ2) is 5.40. The van der Waals surface area contributed by atoms with Crippen LogP contribution in [0.5, 0.6) is 0 Å². The molecule has 2 saturated carbocycles. The molecular weight excluding hydrogens is 380 g/mol. The summed E-state index contributed by atoms with van der Waals surface area (Å²) in [7, 11) is -6.89. The lowest BCUT2D eigenvalue weighted by molar-refractivity contribution is -0.463. The number of alkyl halides is 8. The summed E-state index contributed by atoms with van der Waals surface area (Å²) in [5.74, 6) is -8.45. The van der Waals surface area contributed by atoms with Crippen molar-refractivity contribution in [1.82, 2.24) is 0 Å². The van der Waals surface area contributed by atoms with Crippen LogP contribution in [0.4, 0.5) is 35.1 Å². The molecule has 2 aliphatic carbocycles. The molecule has 3 atom stereocenters. The fourth-order valence-corrected chi connectivity index (χ4v) is 3.69. The summed E-state index contributed by atoms with van der Waals surface area (Å²) in [5, 5.41) is -6.53. The van der Waals surface area contributed by atoms with Crippen LogP contribution in [0.15, 0.2) is 0 Å². The Morgan fingerprint density at radius 2 is 1.42 bits per heavy atom. The molecule has 0 heterocycles. The van der Waals surface area contributed by atoms with Crippen molar-refractivity contribution in [2.45, 2.75) is 49.1 Å². The van der Waals surface area contributed by atoms with Crippen molar-refractivity contribution in [3.05, 3.63) is 0 Å². The maximum atomic E-state index is 13.9. The Bertz CT molecular complexity index is 605. The van der Waals surface area contributed by atoms with Crippen LogP contribution in [0.25, 0.3) is 0 Å². The number of hydrogen-bond donors (Lipinski definition) is 1. The van der Waals surface area contributed by atoms with Crippen LogP contribution < -0.4 is 0 Å². The van der Waals surface area contributed by atoms with Crippen LogP contribution in [0.1, 0.15) is 25.7 Å². The fraction of sp³-hybridized carbons (Fsp3) is 1.00. The summed E-state index contributed by atoms with van der Waals surface area (Å²) in [6, 6.07) is 0. The van der Waals surface area contributed by atoms with Gasteiger partial charge < -0.3 is 0 Å². The zero-order valence-electron chi connectivity index (χ0n) is 11.7. The van der Waals surface area contributed by atoms with Gasteiger partial charge in [-0.2, -0.15) is 43.5 Å². The molecule has 4 nitrogen and oxygen atoms in total. The molecule has 0 amide bonds. The number of fused-ring (bicyclic) bond motifs is 2. The summed E-state index contributed by atoms with van der Waals surface area (Å²) in [5.41, 5.74) is 0. The zero-order valence-corrected chi connectivity index (χ0v) is 12.5. The molecule has 13 heteroatoms. The van der Waals surface area contributed by atoms with E-state index in [0.29, 0.717) is 6.42 Å². The number of rotatable bonds is 6. The van der Waals surface area contributed by atoms with E-state index >= 15 is 0 Å². The van der Waals surface area contributed by atoms with Crippen LogP contribution in [-0.4, -0.2) is 36.4 Å². The Morgan fingerprint density at radius 1 is 0.875 bits per heavy atom. The van der Waals surface area contributed by atoms with Gasteiger partial charge in [-0.1, -0.05) is 6.42 Å². The van der Waals surface area contributed by atoms with Gasteiger partial charge >= 0.3 is 33.5 Å². The van der Waals surface area contributed by atoms with Crippen molar-refractivity contribution in [2.75, 3.05) is 0 Å². The average molecular weight is 392 g/mol. The molecule has 2 fully saturated rings. The maximum Gasteiger partial charge on any atom is 0.460 e. The van der Waals surface area contributed by atoms with E-state index in [4.69, 9.17) is 4.55 Å². The predicted molar refractivity (Wildman–Crippen MR) is 61.4 cm³/mol. The molecule has 0 aromatic carbocycles. The Morgan fingerprint density at radius 3 is 1.79 bits per heavy atom. The lowest BCUT2D eigenvalue weighted by Crippen LogP contribution is -2.58. The van der Waals surface area contributed by atoms with E-state index in [1.807, 2.05) is 0 Å². The van der Waals surface area contributed by atoms with Gasteiger partial charge in [-0.05, 0) is 31.1 Å². The first-order chi connectivity index (χ1) is 10.5. The maximum absolute atomic E-state index is 13.9. The molecule has 24 heavy (non-hydrogen) atoms. The molecular formula is C11H12F8O4S. The molecule has 2 rings (SSSR count). The van der Waals surface area contributed by atoms with Crippen LogP contribution >= 0.6 is 0 Å². The third-order valence-electron chi connectivity index (χ3n) is 4.51. The van der Waals surface area contributed by atoms with Crippen LogP contribution in [0, 0.1) is 17.8 Å². The molecule has 0 aliphatic heterocycles. The van der Waals surface area contributed by atoms with Gasteiger partial charge in [0.25, 0.3) is 0 Å². The summed E-state index contributed by atoms with van der Waals surface area (Å²) in [6.45, 7) is 0. The Hall–Kier alpha value is -0.690. The summed E-state index contributed by atoms with van der Waals surface area (Å²) >= 11 is 0. The Balaban J connectivity index is 2.26. The monoisotopic (exact) mass is 392 g/mol. The second-order valence-corrected chi connectivity index (χ2v) is 7.49.